The van der Waals surface area contributed by atoms with Crippen molar-refractivity contribution in [3.8, 4) is 0 Å². The largest absolute Gasteiger partial charge is 0.417 e. The van der Waals surface area contributed by atoms with Crippen LogP contribution >= 0.6 is 0 Å². The molecule has 4 nitrogen and oxygen atoms in total. The standard InChI is InChI=1S/C8H5F3N2O2S/c9-8(10,11)6-1-2-12-3-5(6)7-13-4-16(14)15-7/h1-3H,4H2. The van der Waals surface area contributed by atoms with E-state index in [4.69, 9.17) is 0 Å². The van der Waals surface area contributed by atoms with Crippen LogP contribution in [0.4, 0.5) is 13.2 Å². The Morgan fingerprint density at radius 3 is 2.75 bits per heavy atom. The number of halogens is 3. The van der Waals surface area contributed by atoms with Crippen LogP contribution in [0.2, 0.25) is 0 Å². The van der Waals surface area contributed by atoms with Crippen LogP contribution in [-0.2, 0) is 21.4 Å². The van der Waals surface area contributed by atoms with Gasteiger partial charge in [-0.25, -0.2) is 9.20 Å². The Bertz CT molecular complexity index is 473. The van der Waals surface area contributed by atoms with Gasteiger partial charge < -0.3 is 4.18 Å². The summed E-state index contributed by atoms with van der Waals surface area (Å²) in [5.41, 5.74) is -1.19. The number of aromatic nitrogens is 1. The van der Waals surface area contributed by atoms with E-state index in [0.29, 0.717) is 0 Å². The van der Waals surface area contributed by atoms with Crippen LogP contribution in [0, 0.1) is 0 Å². The van der Waals surface area contributed by atoms with Crippen molar-refractivity contribution < 1.29 is 21.6 Å². The molecule has 0 aliphatic carbocycles. The summed E-state index contributed by atoms with van der Waals surface area (Å²) in [7, 11) is 0. The van der Waals surface area contributed by atoms with Gasteiger partial charge in [-0.05, 0) is 6.07 Å². The molecule has 2 heterocycles. The molecule has 8 heteroatoms. The van der Waals surface area contributed by atoms with Gasteiger partial charge in [-0.15, -0.1) is 0 Å². The van der Waals surface area contributed by atoms with Crippen LogP contribution in [0.5, 0.6) is 0 Å². The van der Waals surface area contributed by atoms with Gasteiger partial charge in [-0.2, -0.15) is 13.2 Å². The third-order valence-electron chi connectivity index (χ3n) is 1.84. The first kappa shape index (κ1) is 11.1. The first-order chi connectivity index (χ1) is 7.48. The summed E-state index contributed by atoms with van der Waals surface area (Å²) in [6, 6.07) is 0.822. The maximum atomic E-state index is 12.6. The van der Waals surface area contributed by atoms with Gasteiger partial charge in [0.15, 0.2) is 5.88 Å². The van der Waals surface area contributed by atoms with Crippen molar-refractivity contribution in [3.63, 3.8) is 0 Å². The highest BCUT2D eigenvalue weighted by Gasteiger charge is 2.36. The van der Waals surface area contributed by atoms with Gasteiger partial charge in [-0.1, -0.05) is 0 Å². The van der Waals surface area contributed by atoms with Crippen LogP contribution in [0.1, 0.15) is 11.1 Å². The number of nitrogens with zero attached hydrogens (tertiary/aromatic N) is 2. The molecule has 16 heavy (non-hydrogen) atoms. The minimum Gasteiger partial charge on any atom is -0.378 e. The Kier molecular flexibility index (Phi) is 2.66. The summed E-state index contributed by atoms with van der Waals surface area (Å²) >= 11 is -1.69. The summed E-state index contributed by atoms with van der Waals surface area (Å²) in [4.78, 5) is 7.18. The van der Waals surface area contributed by atoms with Gasteiger partial charge in [-0.3, -0.25) is 4.98 Å². The van der Waals surface area contributed by atoms with Crippen LogP contribution in [0.3, 0.4) is 0 Å². The second-order valence-corrected chi connectivity index (χ2v) is 3.93. The molecule has 1 unspecified atom stereocenters. The fraction of sp³-hybridized carbons (Fsp3) is 0.250. The molecule has 86 valence electrons. The highest BCUT2D eigenvalue weighted by atomic mass is 32.2. The van der Waals surface area contributed by atoms with Crippen molar-refractivity contribution in [2.45, 2.75) is 6.18 Å². The van der Waals surface area contributed by atoms with E-state index < -0.39 is 22.8 Å². The molecule has 0 saturated carbocycles. The number of pyridine rings is 1. The van der Waals surface area contributed by atoms with Gasteiger partial charge in [0, 0.05) is 12.4 Å². The molecule has 0 N–H and O–H groups in total. The zero-order valence-electron chi connectivity index (χ0n) is 7.69. The molecule has 1 aromatic heterocycles. The van der Waals surface area contributed by atoms with Crippen molar-refractivity contribution in [2.24, 2.45) is 4.99 Å². The molecule has 0 radical (unpaired) electrons. The molecule has 0 fully saturated rings. The Morgan fingerprint density at radius 2 is 2.19 bits per heavy atom. The van der Waals surface area contributed by atoms with Crippen LogP contribution in [0.25, 0.3) is 0 Å². The lowest BCUT2D eigenvalue weighted by atomic mass is 10.1. The summed E-state index contributed by atoms with van der Waals surface area (Å²) in [6.45, 7) is 0. The monoisotopic (exact) mass is 250 g/mol. The molecule has 0 spiro atoms. The molecule has 1 atom stereocenters. The van der Waals surface area contributed by atoms with Gasteiger partial charge in [0.25, 0.3) is 0 Å². The van der Waals surface area contributed by atoms with Crippen LogP contribution in [-0.4, -0.2) is 21.0 Å². The second-order valence-electron chi connectivity index (χ2n) is 2.90. The highest BCUT2D eigenvalue weighted by Crippen LogP contribution is 2.32. The lowest BCUT2D eigenvalue weighted by molar-refractivity contribution is -0.137. The third-order valence-corrected chi connectivity index (χ3v) is 2.53. The van der Waals surface area contributed by atoms with Crippen molar-refractivity contribution in [3.05, 3.63) is 29.6 Å². The summed E-state index contributed by atoms with van der Waals surface area (Å²) in [5.74, 6) is -0.430. The lowest BCUT2D eigenvalue weighted by Gasteiger charge is -2.10. The van der Waals surface area contributed by atoms with Gasteiger partial charge >= 0.3 is 6.18 Å². The maximum absolute atomic E-state index is 12.6. The highest BCUT2D eigenvalue weighted by molar-refractivity contribution is 7.80. The zero-order chi connectivity index (χ0) is 11.8. The van der Waals surface area contributed by atoms with E-state index in [-0.39, 0.29) is 17.3 Å². The Hall–Kier alpha value is -1.44. The van der Waals surface area contributed by atoms with E-state index in [9.17, 15) is 17.4 Å². The number of alkyl halides is 3. The van der Waals surface area contributed by atoms with E-state index >= 15 is 0 Å². The minimum absolute atomic E-state index is 0.151. The fourth-order valence-electron chi connectivity index (χ4n) is 1.19. The number of aliphatic imine (C=N–C) groups is 1. The van der Waals surface area contributed by atoms with Crippen LogP contribution in [0.15, 0.2) is 23.5 Å². The smallest absolute Gasteiger partial charge is 0.378 e. The van der Waals surface area contributed by atoms with Gasteiger partial charge in [0.1, 0.15) is 0 Å². The minimum atomic E-state index is -4.52. The molecule has 1 aliphatic rings. The van der Waals surface area contributed by atoms with E-state index in [1.807, 2.05) is 0 Å². The Labute approximate surface area is 90.8 Å². The number of hydrogen-bond donors (Lipinski definition) is 0. The quantitative estimate of drug-likeness (QED) is 0.759. The molecule has 0 saturated heterocycles. The predicted molar refractivity (Wildman–Crippen MR) is 49.9 cm³/mol. The molecular weight excluding hydrogens is 245 g/mol. The Morgan fingerprint density at radius 1 is 1.44 bits per heavy atom. The molecule has 0 amide bonds. The molecule has 2 rings (SSSR count). The SMILES string of the molecule is O=S1CN=C(c2cnccc2C(F)(F)F)O1. The topological polar surface area (TPSA) is 51.5 Å². The van der Waals surface area contributed by atoms with Crippen molar-refractivity contribution in [1.29, 1.82) is 0 Å². The summed E-state index contributed by atoms with van der Waals surface area (Å²) in [5, 5.41) is 0. The third kappa shape index (κ3) is 2.06. The molecule has 0 aromatic carbocycles. The summed E-state index contributed by atoms with van der Waals surface area (Å²) in [6.07, 6.45) is -2.50. The van der Waals surface area contributed by atoms with Crippen molar-refractivity contribution in [2.75, 3.05) is 5.88 Å². The van der Waals surface area contributed by atoms with Crippen LogP contribution < -0.4 is 0 Å². The van der Waals surface area contributed by atoms with E-state index in [2.05, 4.69) is 14.2 Å². The van der Waals surface area contributed by atoms with Crippen molar-refractivity contribution >= 4 is 17.0 Å². The average molecular weight is 250 g/mol. The fourth-order valence-corrected chi connectivity index (χ4v) is 1.79. The normalized spacial score (nSPS) is 20.4. The zero-order valence-corrected chi connectivity index (χ0v) is 8.51. The maximum Gasteiger partial charge on any atom is 0.417 e. The van der Waals surface area contributed by atoms with E-state index in [0.717, 1.165) is 18.5 Å². The first-order valence-electron chi connectivity index (χ1n) is 4.11. The van der Waals surface area contributed by atoms with Gasteiger partial charge in [0.05, 0.1) is 11.1 Å². The van der Waals surface area contributed by atoms with E-state index in [1.54, 1.807) is 0 Å². The average Bonchev–Trinajstić information content (AvgIpc) is 2.64. The lowest BCUT2D eigenvalue weighted by Crippen LogP contribution is -2.14. The molecule has 1 aliphatic heterocycles. The predicted octanol–water partition coefficient (Wildman–Crippen LogP) is 1.50. The summed E-state index contributed by atoms with van der Waals surface area (Å²) < 4.78 is 53.3. The molecular formula is C8H5F3N2O2S. The molecule has 0 bridgehead atoms. The van der Waals surface area contributed by atoms with Crippen molar-refractivity contribution in [1.82, 2.24) is 4.98 Å². The second kappa shape index (κ2) is 3.85. The number of hydrogen-bond acceptors (Lipinski definition) is 4. The molecule has 1 aromatic rings. The first-order valence-corrected chi connectivity index (χ1v) is 5.35. The Balaban J connectivity index is 2.45. The van der Waals surface area contributed by atoms with E-state index in [1.165, 1.54) is 0 Å². The number of rotatable bonds is 1. The van der Waals surface area contributed by atoms with Gasteiger partial charge in [0.2, 0.25) is 17.0 Å².